The normalized spacial score (nSPS) is 10.6. The van der Waals surface area contributed by atoms with E-state index in [9.17, 15) is 20.2 Å². The molecule has 0 saturated heterocycles. The van der Waals surface area contributed by atoms with Gasteiger partial charge in [0.1, 0.15) is 0 Å². The highest BCUT2D eigenvalue weighted by atomic mass is 16.6. The first kappa shape index (κ1) is 23.7. The van der Waals surface area contributed by atoms with Crippen LogP contribution < -0.4 is 9.47 Å². The van der Waals surface area contributed by atoms with Crippen LogP contribution in [0.5, 0.6) is 11.5 Å². The van der Waals surface area contributed by atoms with Crippen molar-refractivity contribution in [3.8, 4) is 11.5 Å². The summed E-state index contributed by atoms with van der Waals surface area (Å²) in [7, 11) is 0. The molecule has 28 heavy (non-hydrogen) atoms. The number of rotatable bonds is 16. The van der Waals surface area contributed by atoms with Gasteiger partial charge in [0.15, 0.2) is 0 Å². The monoisotopic (exact) mass is 396 g/mol. The van der Waals surface area contributed by atoms with Crippen molar-refractivity contribution >= 4 is 11.4 Å². The zero-order valence-corrected chi connectivity index (χ0v) is 17.0. The van der Waals surface area contributed by atoms with Gasteiger partial charge in [-0.3, -0.25) is 20.2 Å². The van der Waals surface area contributed by atoms with Gasteiger partial charge in [0.05, 0.1) is 35.2 Å². The molecule has 0 aliphatic heterocycles. The van der Waals surface area contributed by atoms with E-state index in [0.29, 0.717) is 13.2 Å². The largest absolute Gasteiger partial charge is 0.487 e. The summed E-state index contributed by atoms with van der Waals surface area (Å²) in [6.45, 7) is 4.82. The van der Waals surface area contributed by atoms with Crippen molar-refractivity contribution < 1.29 is 19.3 Å². The molecule has 0 bridgehead atoms. The van der Waals surface area contributed by atoms with Crippen molar-refractivity contribution in [3.05, 3.63) is 32.4 Å². The molecule has 0 aliphatic rings. The minimum Gasteiger partial charge on any atom is -0.487 e. The number of nitro benzene ring substituents is 2. The Morgan fingerprint density at radius 2 is 1.04 bits per heavy atom. The molecule has 8 nitrogen and oxygen atoms in total. The Kier molecular flexibility index (Phi) is 11.6. The van der Waals surface area contributed by atoms with Crippen LogP contribution in [0.3, 0.4) is 0 Å². The number of hydrogen-bond acceptors (Lipinski definition) is 6. The third kappa shape index (κ3) is 8.54. The Morgan fingerprint density at radius 3 is 1.36 bits per heavy atom. The number of ether oxygens (including phenoxy) is 2. The summed E-state index contributed by atoms with van der Waals surface area (Å²) in [5.41, 5.74) is -0.611. The molecule has 0 amide bonds. The van der Waals surface area contributed by atoms with Gasteiger partial charge in [0.25, 0.3) is 0 Å². The highest BCUT2D eigenvalue weighted by Crippen LogP contribution is 2.39. The summed E-state index contributed by atoms with van der Waals surface area (Å²) in [6.07, 6.45) is 10.1. The second kappa shape index (κ2) is 13.7. The van der Waals surface area contributed by atoms with E-state index in [-0.39, 0.29) is 22.9 Å². The van der Waals surface area contributed by atoms with Gasteiger partial charge in [0.2, 0.25) is 11.5 Å². The van der Waals surface area contributed by atoms with Crippen molar-refractivity contribution in [2.24, 2.45) is 0 Å². The highest BCUT2D eigenvalue weighted by molar-refractivity contribution is 5.61. The average molecular weight is 396 g/mol. The van der Waals surface area contributed by atoms with Crippen molar-refractivity contribution in [2.75, 3.05) is 13.2 Å². The van der Waals surface area contributed by atoms with Crippen molar-refractivity contribution in [3.63, 3.8) is 0 Å². The molecular weight excluding hydrogens is 364 g/mol. The van der Waals surface area contributed by atoms with Gasteiger partial charge >= 0.3 is 11.4 Å². The van der Waals surface area contributed by atoms with E-state index in [2.05, 4.69) is 13.8 Å². The summed E-state index contributed by atoms with van der Waals surface area (Å²) >= 11 is 0. The lowest BCUT2D eigenvalue weighted by molar-refractivity contribution is -0.390. The molecule has 0 N–H and O–H groups in total. The lowest BCUT2D eigenvalue weighted by Gasteiger charge is -2.10. The SMILES string of the molecule is CCCCCCCOc1cc([N+](=O)[O-])c(OCCCCCCC)cc1[N+](=O)[O-]. The topological polar surface area (TPSA) is 105 Å². The molecule has 1 aromatic rings. The van der Waals surface area contributed by atoms with E-state index < -0.39 is 9.85 Å². The first-order valence-corrected chi connectivity index (χ1v) is 10.2. The molecule has 0 unspecified atom stereocenters. The van der Waals surface area contributed by atoms with Gasteiger partial charge in [-0.2, -0.15) is 0 Å². The molecular formula is C20H32N2O6. The van der Waals surface area contributed by atoms with Crippen molar-refractivity contribution in [2.45, 2.75) is 78.1 Å². The van der Waals surface area contributed by atoms with E-state index in [4.69, 9.17) is 9.47 Å². The molecule has 1 rings (SSSR count). The summed E-state index contributed by atoms with van der Waals surface area (Å²) in [4.78, 5) is 21.6. The smallest absolute Gasteiger partial charge is 0.315 e. The molecule has 0 aromatic heterocycles. The Labute approximate surface area is 166 Å². The maximum absolute atomic E-state index is 11.4. The third-order valence-electron chi connectivity index (χ3n) is 4.44. The lowest BCUT2D eigenvalue weighted by Crippen LogP contribution is -2.05. The van der Waals surface area contributed by atoms with Crippen LogP contribution >= 0.6 is 0 Å². The first-order valence-electron chi connectivity index (χ1n) is 10.2. The van der Waals surface area contributed by atoms with Crippen LogP contribution in [0.4, 0.5) is 11.4 Å². The minimum atomic E-state index is -0.593. The van der Waals surface area contributed by atoms with E-state index in [1.54, 1.807) is 0 Å². The van der Waals surface area contributed by atoms with Gasteiger partial charge in [-0.25, -0.2) is 0 Å². The van der Waals surface area contributed by atoms with Crippen LogP contribution in [0.1, 0.15) is 78.1 Å². The quantitative estimate of drug-likeness (QED) is 0.187. The van der Waals surface area contributed by atoms with Gasteiger partial charge in [0, 0.05) is 0 Å². The van der Waals surface area contributed by atoms with Gasteiger partial charge in [-0.15, -0.1) is 0 Å². The molecule has 1 aromatic carbocycles. The zero-order valence-electron chi connectivity index (χ0n) is 17.0. The average Bonchev–Trinajstić information content (AvgIpc) is 2.67. The summed E-state index contributed by atoms with van der Waals surface area (Å²) < 4.78 is 11.0. The highest BCUT2D eigenvalue weighted by Gasteiger charge is 2.26. The molecule has 0 spiro atoms. The number of nitro groups is 2. The molecule has 0 aliphatic carbocycles. The summed E-state index contributed by atoms with van der Waals surface area (Å²) in [5.74, 6) is -0.162. The molecule has 0 fully saturated rings. The van der Waals surface area contributed by atoms with E-state index in [1.165, 1.54) is 0 Å². The van der Waals surface area contributed by atoms with E-state index in [1.807, 2.05) is 0 Å². The lowest BCUT2D eigenvalue weighted by atomic mass is 10.1. The molecule has 0 atom stereocenters. The second-order valence-corrected chi connectivity index (χ2v) is 6.83. The van der Waals surface area contributed by atoms with Gasteiger partial charge < -0.3 is 9.47 Å². The van der Waals surface area contributed by atoms with E-state index >= 15 is 0 Å². The Balaban J connectivity index is 2.77. The van der Waals surface area contributed by atoms with Crippen molar-refractivity contribution in [1.82, 2.24) is 0 Å². The summed E-state index contributed by atoms with van der Waals surface area (Å²) in [6, 6.07) is 2.22. The Morgan fingerprint density at radius 1 is 0.679 bits per heavy atom. The Hall–Kier alpha value is -2.38. The molecule has 0 radical (unpaired) electrons. The fourth-order valence-electron chi connectivity index (χ4n) is 2.83. The standard InChI is InChI=1S/C20H32N2O6/c1-3-5-7-9-11-13-27-19-15-18(22(25)26)20(16-17(19)21(23)24)28-14-12-10-8-6-4-2/h15-16H,3-14H2,1-2H3. The predicted octanol–water partition coefficient (Wildman–Crippen LogP) is 6.20. The van der Waals surface area contributed by atoms with Crippen molar-refractivity contribution in [1.29, 1.82) is 0 Å². The second-order valence-electron chi connectivity index (χ2n) is 6.83. The maximum Gasteiger partial charge on any atom is 0.315 e. The van der Waals surface area contributed by atoms with Crippen LogP contribution in [0.15, 0.2) is 12.1 Å². The number of hydrogen-bond donors (Lipinski definition) is 0. The molecule has 158 valence electrons. The molecule has 0 saturated carbocycles. The predicted molar refractivity (Wildman–Crippen MR) is 108 cm³/mol. The molecule has 8 heteroatoms. The zero-order chi connectivity index (χ0) is 20.8. The summed E-state index contributed by atoms with van der Waals surface area (Å²) in [5, 5.41) is 22.8. The first-order chi connectivity index (χ1) is 13.5. The van der Waals surface area contributed by atoms with Crippen LogP contribution in [0.2, 0.25) is 0 Å². The fourth-order valence-corrected chi connectivity index (χ4v) is 2.83. The van der Waals surface area contributed by atoms with Crippen LogP contribution in [-0.4, -0.2) is 23.1 Å². The van der Waals surface area contributed by atoms with E-state index in [0.717, 1.165) is 76.3 Å². The van der Waals surface area contributed by atoms with Crippen LogP contribution in [0.25, 0.3) is 0 Å². The maximum atomic E-state index is 11.4. The minimum absolute atomic E-state index is 0.0810. The van der Waals surface area contributed by atoms with Gasteiger partial charge in [-0.1, -0.05) is 65.2 Å². The number of benzene rings is 1. The Bertz CT molecular complexity index is 567. The van der Waals surface area contributed by atoms with Crippen LogP contribution in [-0.2, 0) is 0 Å². The number of unbranched alkanes of at least 4 members (excludes halogenated alkanes) is 8. The fraction of sp³-hybridized carbons (Fsp3) is 0.700. The van der Waals surface area contributed by atoms with Crippen LogP contribution in [0, 0.1) is 20.2 Å². The third-order valence-corrected chi connectivity index (χ3v) is 4.44. The molecule has 0 heterocycles. The van der Waals surface area contributed by atoms with Gasteiger partial charge in [-0.05, 0) is 12.8 Å². The number of nitrogens with zero attached hydrogens (tertiary/aromatic N) is 2.